The number of nitrogens with two attached hydrogens (primary N) is 2. The fourth-order valence-corrected chi connectivity index (χ4v) is 8.46. The minimum absolute atomic E-state index is 0.0324. The highest BCUT2D eigenvalue weighted by atomic mass is 32.2. The van der Waals surface area contributed by atoms with Gasteiger partial charge in [0.05, 0.1) is 31.0 Å². The zero-order valence-electron chi connectivity index (χ0n) is 31.3. The third-order valence-corrected chi connectivity index (χ3v) is 11.8. The highest BCUT2D eigenvalue weighted by Gasteiger charge is 2.34. The average molecular weight is 755 g/mol. The molecular weight excluding hydrogens is 701 g/mol. The molecule has 1 amide bonds. The Morgan fingerprint density at radius 2 is 1.74 bits per heavy atom. The molecule has 12 nitrogen and oxygen atoms in total. The largest absolute Gasteiger partial charge is 0.378 e. The molecule has 0 bridgehead atoms. The van der Waals surface area contributed by atoms with E-state index in [2.05, 4.69) is 21.3 Å². The van der Waals surface area contributed by atoms with Crippen LogP contribution in [0.4, 0.5) is 5.82 Å². The molecule has 2 aliphatic heterocycles. The first-order valence-electron chi connectivity index (χ1n) is 19.3. The Kier molecular flexibility index (Phi) is 14.2. The number of hydrogen-bond acceptors (Lipinski definition) is 11. The lowest BCUT2D eigenvalue weighted by atomic mass is 9.89. The molecule has 0 saturated carbocycles. The molecule has 5 heterocycles. The van der Waals surface area contributed by atoms with Crippen LogP contribution < -0.4 is 21.7 Å². The molecule has 1 fully saturated rings. The third-order valence-electron chi connectivity index (χ3n) is 10.6. The number of nitrogens with one attached hydrogen (secondary N) is 2. The van der Waals surface area contributed by atoms with E-state index in [1.54, 1.807) is 18.1 Å². The number of aromatic nitrogens is 3. The first kappa shape index (κ1) is 39.6. The van der Waals surface area contributed by atoms with Crippen LogP contribution in [0.1, 0.15) is 61.8 Å². The van der Waals surface area contributed by atoms with E-state index in [1.807, 2.05) is 48.7 Å². The Labute approximate surface area is 322 Å². The zero-order chi connectivity index (χ0) is 37.9. The van der Waals surface area contributed by atoms with Crippen molar-refractivity contribution in [3.05, 3.63) is 77.7 Å². The molecule has 0 spiro atoms. The smallest absolute Gasteiger partial charge is 0.226 e. The van der Waals surface area contributed by atoms with Gasteiger partial charge < -0.3 is 36.3 Å². The number of unbranched alkanes of at least 4 members (excludes halogenated alkanes) is 1. The molecule has 6 rings (SSSR count). The standard InChI is InChI=1S/C41H54N8O4S/c1-48-35(24-30-27-45-32-11-3-2-10-31(30)32)36(50)14-13-34-38(15-16-39(47-34)49-20-22-53-23-21-49)54-40-29(9-7-19-44-40)26-46-33(12-6-18-43)37(51)25-28(41(48)52)8-4-5-17-42/h2-3,7,9-11,15-16,19,27-28,33,35,45-46H,4-6,8,12-14,17-18,20-26,42-43H2,1H3/t28-,33+,35+/m1/s1. The van der Waals surface area contributed by atoms with Gasteiger partial charge in [0, 0.05) is 80.1 Å². The molecule has 4 aromatic rings. The number of benzene rings is 1. The van der Waals surface area contributed by atoms with Gasteiger partial charge in [-0.2, -0.15) is 0 Å². The molecule has 2 aliphatic rings. The number of nitrogens with zero attached hydrogens (tertiary/aromatic N) is 4. The fraction of sp³-hybridized carbons (Fsp3) is 0.488. The normalized spacial score (nSPS) is 20.9. The Hall–Kier alpha value is -4.14. The van der Waals surface area contributed by atoms with Crippen LogP contribution >= 0.6 is 11.8 Å². The Bertz CT molecular complexity index is 1880. The number of aromatic amines is 1. The maximum atomic E-state index is 14.6. The Morgan fingerprint density at radius 1 is 0.926 bits per heavy atom. The van der Waals surface area contributed by atoms with Gasteiger partial charge in [-0.25, -0.2) is 9.97 Å². The lowest BCUT2D eigenvalue weighted by Crippen LogP contribution is -2.47. The van der Waals surface area contributed by atoms with E-state index < -0.39 is 18.0 Å². The summed E-state index contributed by atoms with van der Waals surface area (Å²) in [6.07, 6.45) is 7.87. The fourth-order valence-electron chi connectivity index (χ4n) is 7.46. The van der Waals surface area contributed by atoms with Gasteiger partial charge >= 0.3 is 0 Å². The average Bonchev–Trinajstić information content (AvgIpc) is 3.61. The number of rotatable bonds is 10. The molecule has 0 aliphatic carbocycles. The molecule has 1 aromatic carbocycles. The predicted molar refractivity (Wildman–Crippen MR) is 212 cm³/mol. The second-order valence-electron chi connectivity index (χ2n) is 14.3. The van der Waals surface area contributed by atoms with Crippen LogP contribution in [0.3, 0.4) is 0 Å². The van der Waals surface area contributed by atoms with Gasteiger partial charge in [0.2, 0.25) is 5.91 Å². The lowest BCUT2D eigenvalue weighted by molar-refractivity contribution is -0.143. The van der Waals surface area contributed by atoms with E-state index in [-0.39, 0.29) is 30.3 Å². The van der Waals surface area contributed by atoms with Crippen LogP contribution in [0.2, 0.25) is 0 Å². The van der Waals surface area contributed by atoms with E-state index in [4.69, 9.17) is 26.2 Å². The summed E-state index contributed by atoms with van der Waals surface area (Å²) < 4.78 is 5.60. The van der Waals surface area contributed by atoms with Gasteiger partial charge in [-0.3, -0.25) is 14.4 Å². The van der Waals surface area contributed by atoms with Crippen LogP contribution in [0.15, 0.2) is 70.8 Å². The van der Waals surface area contributed by atoms with Gasteiger partial charge in [-0.1, -0.05) is 42.4 Å². The quantitative estimate of drug-likeness (QED) is 0.169. The van der Waals surface area contributed by atoms with Crippen molar-refractivity contribution in [3.63, 3.8) is 0 Å². The molecule has 0 radical (unpaired) electrons. The molecule has 6 N–H and O–H groups in total. The van der Waals surface area contributed by atoms with E-state index >= 15 is 0 Å². The van der Waals surface area contributed by atoms with Gasteiger partial charge in [-0.15, -0.1) is 0 Å². The monoisotopic (exact) mass is 754 g/mol. The topological polar surface area (TPSA) is 173 Å². The number of pyridine rings is 2. The van der Waals surface area contributed by atoms with Gasteiger partial charge in [0.15, 0.2) is 11.6 Å². The number of amides is 1. The van der Waals surface area contributed by atoms with Crippen LogP contribution in [0, 0.1) is 5.92 Å². The third kappa shape index (κ3) is 9.93. The number of ether oxygens (including phenoxy) is 1. The summed E-state index contributed by atoms with van der Waals surface area (Å²) in [5.41, 5.74) is 15.5. The van der Waals surface area contributed by atoms with Crippen LogP contribution in [-0.2, 0) is 38.5 Å². The Morgan fingerprint density at radius 3 is 2.56 bits per heavy atom. The van der Waals surface area contributed by atoms with Crippen molar-refractivity contribution in [1.82, 2.24) is 25.2 Å². The predicted octanol–water partition coefficient (Wildman–Crippen LogP) is 4.43. The first-order chi connectivity index (χ1) is 26.4. The number of hydrogen-bond donors (Lipinski definition) is 4. The second-order valence-corrected chi connectivity index (χ2v) is 15.3. The molecule has 1 saturated heterocycles. The van der Waals surface area contributed by atoms with Gasteiger partial charge in [0.25, 0.3) is 0 Å². The van der Waals surface area contributed by atoms with E-state index in [1.165, 1.54) is 11.8 Å². The van der Waals surface area contributed by atoms with E-state index in [0.717, 1.165) is 63.0 Å². The molecule has 13 heteroatoms. The number of morpholine rings is 1. The van der Waals surface area contributed by atoms with Crippen molar-refractivity contribution in [2.45, 2.75) is 86.3 Å². The van der Waals surface area contributed by atoms with Crippen molar-refractivity contribution >= 4 is 46.0 Å². The number of likely N-dealkylation sites (N-methyl/N-ethyl adjacent to an activating group) is 1. The molecule has 3 aromatic heterocycles. The number of anilines is 1. The maximum absolute atomic E-state index is 14.6. The summed E-state index contributed by atoms with van der Waals surface area (Å²) in [4.78, 5) is 61.3. The summed E-state index contributed by atoms with van der Waals surface area (Å²) in [6.45, 7) is 4.12. The minimum atomic E-state index is -0.744. The van der Waals surface area contributed by atoms with Gasteiger partial charge in [0.1, 0.15) is 10.8 Å². The second kappa shape index (κ2) is 19.4. The molecular formula is C41H54N8O4S. The molecule has 288 valence electrons. The number of ketones is 2. The van der Waals surface area contributed by atoms with Crippen molar-refractivity contribution in [2.75, 3.05) is 51.3 Å². The molecule has 3 atom stereocenters. The van der Waals surface area contributed by atoms with E-state index in [9.17, 15) is 14.4 Å². The summed E-state index contributed by atoms with van der Waals surface area (Å²) in [5, 5.41) is 5.33. The Balaban J connectivity index is 1.40. The molecule has 54 heavy (non-hydrogen) atoms. The SMILES string of the molecule is CN1C(=O)[C@H](CCCCN)CC(=O)[C@H](CCCN)NCc2cccnc2Sc2ccc(N3CCOCC3)nc2CCC(=O)[C@@H]1Cc1c[nH]c2ccccc12. The summed E-state index contributed by atoms with van der Waals surface area (Å²) in [6, 6.07) is 14.8. The van der Waals surface area contributed by atoms with Crippen LogP contribution in [0.25, 0.3) is 10.9 Å². The van der Waals surface area contributed by atoms with Crippen molar-refractivity contribution < 1.29 is 19.1 Å². The van der Waals surface area contributed by atoms with Gasteiger partial charge in [-0.05, 0) is 80.6 Å². The number of aryl methyl sites for hydroxylation is 1. The maximum Gasteiger partial charge on any atom is 0.226 e. The zero-order valence-corrected chi connectivity index (χ0v) is 32.1. The van der Waals surface area contributed by atoms with Crippen molar-refractivity contribution in [2.24, 2.45) is 17.4 Å². The number of fused-ring (bicyclic) bond motifs is 3. The van der Waals surface area contributed by atoms with Crippen LogP contribution in [-0.4, -0.2) is 95.8 Å². The highest BCUT2D eigenvalue weighted by molar-refractivity contribution is 7.99. The lowest BCUT2D eigenvalue weighted by Gasteiger charge is -2.31. The van der Waals surface area contributed by atoms with Crippen molar-refractivity contribution in [1.29, 1.82) is 0 Å². The summed E-state index contributed by atoms with van der Waals surface area (Å²) in [7, 11) is 1.72. The minimum Gasteiger partial charge on any atom is -0.378 e. The summed E-state index contributed by atoms with van der Waals surface area (Å²) >= 11 is 1.52. The molecule has 0 unspecified atom stereocenters. The highest BCUT2D eigenvalue weighted by Crippen LogP contribution is 2.34. The number of carbonyl (C=O) groups is 3. The first-order valence-corrected chi connectivity index (χ1v) is 20.1. The van der Waals surface area contributed by atoms with Crippen LogP contribution in [0.5, 0.6) is 0 Å². The van der Waals surface area contributed by atoms with Crippen molar-refractivity contribution in [3.8, 4) is 0 Å². The number of carbonyl (C=O) groups excluding carboxylic acids is 3. The summed E-state index contributed by atoms with van der Waals surface area (Å²) in [5.74, 6) is -0.0203. The van der Waals surface area contributed by atoms with E-state index in [0.29, 0.717) is 71.4 Å². The number of para-hydroxylation sites is 1. The number of H-pyrrole nitrogens is 1. The number of Topliss-reactive ketones (excluding diaryl/α,β-unsaturated/α-hetero) is 2.